The van der Waals surface area contributed by atoms with Gasteiger partial charge in [-0.15, -0.1) is 0 Å². The van der Waals surface area contributed by atoms with Crippen LogP contribution in [0.3, 0.4) is 0 Å². The van der Waals surface area contributed by atoms with E-state index in [-0.39, 0.29) is 23.8 Å². The van der Waals surface area contributed by atoms with Gasteiger partial charge in [0.25, 0.3) is 5.91 Å². The number of carbonyl (C=O) groups excluding carboxylic acids is 3. The van der Waals surface area contributed by atoms with Gasteiger partial charge in [-0.2, -0.15) is 0 Å². The molecule has 1 saturated heterocycles. The Morgan fingerprint density at radius 3 is 2.61 bits per heavy atom. The van der Waals surface area contributed by atoms with Gasteiger partial charge in [0.2, 0.25) is 5.76 Å². The minimum atomic E-state index is -0.640. The number of urea groups is 1. The number of amides is 3. The number of furan rings is 1. The lowest BCUT2D eigenvalue weighted by molar-refractivity contribution is -0.123. The van der Waals surface area contributed by atoms with E-state index < -0.39 is 17.9 Å². The molecule has 1 aromatic heterocycles. The van der Waals surface area contributed by atoms with Crippen molar-refractivity contribution in [1.82, 2.24) is 10.2 Å². The minimum absolute atomic E-state index is 0.00686. The molecular formula is C28H22N2O6. The number of nitrogens with one attached hydrogen (secondary N) is 1. The van der Waals surface area contributed by atoms with Crippen LogP contribution in [0, 0.1) is 0 Å². The van der Waals surface area contributed by atoms with Crippen molar-refractivity contribution in [2.75, 3.05) is 7.11 Å². The number of rotatable bonds is 7. The van der Waals surface area contributed by atoms with Crippen molar-refractivity contribution in [1.29, 1.82) is 0 Å². The fraction of sp³-hybridized carbons (Fsp3) is 0.107. The number of ether oxygens (including phenoxy) is 2. The van der Waals surface area contributed by atoms with Crippen LogP contribution in [0.15, 0.2) is 89.0 Å². The molecule has 2 heterocycles. The SMILES string of the molecule is COC(=O)c1ccc(CN2C(=O)NC(=Cc3ccccc3OCc3cccc4ccccc34)C2=O)o1. The van der Waals surface area contributed by atoms with Gasteiger partial charge >= 0.3 is 12.0 Å². The Balaban J connectivity index is 1.33. The smallest absolute Gasteiger partial charge is 0.373 e. The third-order valence-corrected chi connectivity index (χ3v) is 5.81. The molecule has 1 fully saturated rings. The first kappa shape index (κ1) is 22.9. The zero-order valence-electron chi connectivity index (χ0n) is 19.4. The molecule has 8 heteroatoms. The van der Waals surface area contributed by atoms with Crippen molar-refractivity contribution < 1.29 is 28.3 Å². The Kier molecular flexibility index (Phi) is 6.23. The molecule has 0 saturated carbocycles. The summed E-state index contributed by atoms with van der Waals surface area (Å²) in [6.45, 7) is 0.215. The third kappa shape index (κ3) is 4.56. The number of hydrogen-bond acceptors (Lipinski definition) is 6. The van der Waals surface area contributed by atoms with Crippen molar-refractivity contribution >= 4 is 34.8 Å². The quantitative estimate of drug-likeness (QED) is 0.229. The Bertz CT molecular complexity index is 1500. The van der Waals surface area contributed by atoms with Crippen LogP contribution in [0.2, 0.25) is 0 Å². The highest BCUT2D eigenvalue weighted by atomic mass is 16.5. The normalized spacial score (nSPS) is 14.4. The lowest BCUT2D eigenvalue weighted by Crippen LogP contribution is -2.30. The highest BCUT2D eigenvalue weighted by molar-refractivity contribution is 6.14. The lowest BCUT2D eigenvalue weighted by Gasteiger charge is -2.12. The van der Waals surface area contributed by atoms with Crippen LogP contribution in [0.1, 0.15) is 27.4 Å². The number of fused-ring (bicyclic) bond motifs is 1. The highest BCUT2D eigenvalue weighted by Crippen LogP contribution is 2.26. The van der Waals surface area contributed by atoms with Gasteiger partial charge in [-0.05, 0) is 40.6 Å². The number of carbonyl (C=O) groups is 3. The summed E-state index contributed by atoms with van der Waals surface area (Å²) in [4.78, 5) is 38.1. The largest absolute Gasteiger partial charge is 0.488 e. The molecule has 180 valence electrons. The van der Waals surface area contributed by atoms with Gasteiger partial charge in [0, 0.05) is 5.56 Å². The van der Waals surface area contributed by atoms with Gasteiger partial charge in [-0.1, -0.05) is 60.7 Å². The topological polar surface area (TPSA) is 98.1 Å². The summed E-state index contributed by atoms with van der Waals surface area (Å²) in [7, 11) is 1.24. The van der Waals surface area contributed by atoms with Gasteiger partial charge in [0.05, 0.1) is 13.7 Å². The second-order valence-corrected chi connectivity index (χ2v) is 8.10. The van der Waals surface area contributed by atoms with E-state index in [0.717, 1.165) is 21.2 Å². The minimum Gasteiger partial charge on any atom is -0.488 e. The zero-order valence-corrected chi connectivity index (χ0v) is 19.4. The summed E-state index contributed by atoms with van der Waals surface area (Å²) in [5.74, 6) is -0.308. The van der Waals surface area contributed by atoms with Crippen LogP contribution >= 0.6 is 0 Å². The van der Waals surface area contributed by atoms with E-state index in [1.54, 1.807) is 6.08 Å². The van der Waals surface area contributed by atoms with E-state index in [4.69, 9.17) is 9.15 Å². The molecule has 0 unspecified atom stereocenters. The van der Waals surface area contributed by atoms with Crippen molar-refractivity contribution in [2.24, 2.45) is 0 Å². The second-order valence-electron chi connectivity index (χ2n) is 8.10. The summed E-state index contributed by atoms with van der Waals surface area (Å²) in [6, 6.07) is 23.8. The monoisotopic (exact) mass is 482 g/mol. The van der Waals surface area contributed by atoms with Crippen molar-refractivity contribution in [3.05, 3.63) is 107 Å². The number of para-hydroxylation sites is 1. The Morgan fingerprint density at radius 1 is 0.972 bits per heavy atom. The molecule has 36 heavy (non-hydrogen) atoms. The molecule has 3 aromatic carbocycles. The van der Waals surface area contributed by atoms with E-state index in [0.29, 0.717) is 17.9 Å². The third-order valence-electron chi connectivity index (χ3n) is 5.81. The fourth-order valence-electron chi connectivity index (χ4n) is 4.00. The van der Waals surface area contributed by atoms with E-state index >= 15 is 0 Å². The number of imide groups is 1. The van der Waals surface area contributed by atoms with Crippen LogP contribution in [-0.4, -0.2) is 29.9 Å². The number of benzene rings is 3. The summed E-state index contributed by atoms with van der Waals surface area (Å²) in [5.41, 5.74) is 1.80. The maximum absolute atomic E-state index is 13.0. The van der Waals surface area contributed by atoms with Crippen molar-refractivity contribution in [2.45, 2.75) is 13.2 Å². The Morgan fingerprint density at radius 2 is 1.75 bits per heavy atom. The van der Waals surface area contributed by atoms with Gasteiger partial charge in [-0.3, -0.25) is 9.69 Å². The van der Waals surface area contributed by atoms with Gasteiger partial charge in [-0.25, -0.2) is 9.59 Å². The molecule has 5 rings (SSSR count). The van der Waals surface area contributed by atoms with Crippen LogP contribution in [-0.2, 0) is 22.7 Å². The molecule has 8 nitrogen and oxygen atoms in total. The molecule has 4 aromatic rings. The number of methoxy groups -OCH3 is 1. The number of nitrogens with zero attached hydrogens (tertiary/aromatic N) is 1. The highest BCUT2D eigenvalue weighted by Gasteiger charge is 2.34. The van der Waals surface area contributed by atoms with Crippen LogP contribution < -0.4 is 10.1 Å². The molecular weight excluding hydrogens is 460 g/mol. The molecule has 0 aliphatic carbocycles. The molecule has 3 amide bonds. The predicted molar refractivity (Wildman–Crippen MR) is 132 cm³/mol. The average Bonchev–Trinajstić information content (AvgIpc) is 3.48. The van der Waals surface area contributed by atoms with Gasteiger partial charge < -0.3 is 19.2 Å². The predicted octanol–water partition coefficient (Wildman–Crippen LogP) is 4.89. The number of hydrogen-bond donors (Lipinski definition) is 1. The second kappa shape index (κ2) is 9.79. The molecule has 1 N–H and O–H groups in total. The maximum atomic E-state index is 13.0. The summed E-state index contributed by atoms with van der Waals surface area (Å²) in [6.07, 6.45) is 1.58. The molecule has 1 aliphatic heterocycles. The molecule has 0 radical (unpaired) electrons. The van der Waals surface area contributed by atoms with Gasteiger partial charge in [0.1, 0.15) is 23.8 Å². The zero-order chi connectivity index (χ0) is 25.1. The fourth-order valence-corrected chi connectivity index (χ4v) is 4.00. The van der Waals surface area contributed by atoms with Crippen molar-refractivity contribution in [3.8, 4) is 5.75 Å². The Hall–Kier alpha value is -4.85. The first-order chi connectivity index (χ1) is 17.5. The first-order valence-corrected chi connectivity index (χ1v) is 11.2. The van der Waals surface area contributed by atoms with Crippen LogP contribution in [0.25, 0.3) is 16.8 Å². The Labute approximate surface area is 206 Å². The standard InChI is InChI=1S/C28H22N2O6/c1-34-27(32)25-14-13-21(36-25)16-30-26(31)23(29-28(30)33)15-19-8-3-5-12-24(19)35-17-20-10-6-9-18-7-2-4-11-22(18)20/h2-15H,16-17H2,1H3,(H,29,33). The van der Waals surface area contributed by atoms with E-state index in [9.17, 15) is 14.4 Å². The number of esters is 1. The van der Waals surface area contributed by atoms with Gasteiger partial charge in [0.15, 0.2) is 0 Å². The van der Waals surface area contributed by atoms with E-state index in [1.807, 2.05) is 48.5 Å². The maximum Gasteiger partial charge on any atom is 0.373 e. The summed E-state index contributed by atoms with van der Waals surface area (Å²) >= 11 is 0. The average molecular weight is 482 g/mol. The van der Waals surface area contributed by atoms with E-state index in [1.165, 1.54) is 19.2 Å². The molecule has 0 spiro atoms. The lowest BCUT2D eigenvalue weighted by atomic mass is 10.1. The molecule has 1 aliphatic rings. The van der Waals surface area contributed by atoms with Crippen molar-refractivity contribution in [3.63, 3.8) is 0 Å². The molecule has 0 atom stereocenters. The summed E-state index contributed by atoms with van der Waals surface area (Å²) in [5, 5.41) is 4.84. The first-order valence-electron chi connectivity index (χ1n) is 11.2. The summed E-state index contributed by atoms with van der Waals surface area (Å²) < 4.78 is 16.1. The molecule has 0 bridgehead atoms. The van der Waals surface area contributed by atoms with Crippen LogP contribution in [0.5, 0.6) is 5.75 Å². The van der Waals surface area contributed by atoms with E-state index in [2.05, 4.69) is 28.3 Å². The van der Waals surface area contributed by atoms with Crippen LogP contribution in [0.4, 0.5) is 4.79 Å².